The molecule has 0 bridgehead atoms. The maximum absolute atomic E-state index is 5.27. The van der Waals surface area contributed by atoms with Crippen LogP contribution in [-0.2, 0) is 9.47 Å². The van der Waals surface area contributed by atoms with Crippen molar-refractivity contribution in [1.29, 1.82) is 0 Å². The number of rotatable bonds is 6. The summed E-state index contributed by atoms with van der Waals surface area (Å²) in [6.07, 6.45) is 1.12. The van der Waals surface area contributed by atoms with E-state index in [1.54, 1.807) is 7.11 Å². The van der Waals surface area contributed by atoms with Gasteiger partial charge >= 0.3 is 0 Å². The van der Waals surface area contributed by atoms with Crippen molar-refractivity contribution >= 4 is 0 Å². The second kappa shape index (κ2) is 6.99. The summed E-state index contributed by atoms with van der Waals surface area (Å²) in [5, 5.41) is 0. The molecule has 2 N–H and O–H groups in total. The average Bonchev–Trinajstić information content (AvgIpc) is 1.98. The highest BCUT2D eigenvalue weighted by atomic mass is 16.5. The molecule has 0 rings (SSSR count). The Balaban J connectivity index is 2.89. The van der Waals surface area contributed by atoms with Crippen LogP contribution in [-0.4, -0.2) is 33.0 Å². The zero-order valence-corrected chi connectivity index (χ0v) is 6.80. The second-order valence-corrected chi connectivity index (χ2v) is 2.26. The minimum atomic E-state index is 0.192. The Bertz CT molecular complexity index is 68.6. The van der Waals surface area contributed by atoms with Crippen molar-refractivity contribution in [3.05, 3.63) is 0 Å². The highest BCUT2D eigenvalue weighted by molar-refractivity contribution is 4.44. The van der Waals surface area contributed by atoms with E-state index >= 15 is 0 Å². The Morgan fingerprint density at radius 2 is 2.20 bits per heavy atom. The fraction of sp³-hybridized carbons (Fsp3) is 1.00. The van der Waals surface area contributed by atoms with Gasteiger partial charge in [-0.05, 0) is 19.9 Å². The highest BCUT2D eigenvalue weighted by Gasteiger charge is 1.96. The SMILES string of the molecule is COC(C)COCCCN. The molecule has 0 fully saturated rings. The minimum Gasteiger partial charge on any atom is -0.379 e. The largest absolute Gasteiger partial charge is 0.379 e. The number of methoxy groups -OCH3 is 1. The molecule has 0 saturated heterocycles. The van der Waals surface area contributed by atoms with Crippen LogP contribution in [0.25, 0.3) is 0 Å². The molecule has 0 radical (unpaired) electrons. The molecule has 0 heterocycles. The fourth-order valence-electron chi connectivity index (χ4n) is 0.503. The van der Waals surface area contributed by atoms with Crippen LogP contribution in [0.3, 0.4) is 0 Å². The predicted octanol–water partition coefficient (Wildman–Crippen LogP) is 0.387. The van der Waals surface area contributed by atoms with E-state index < -0.39 is 0 Å². The molecule has 0 aromatic rings. The lowest BCUT2D eigenvalue weighted by atomic mass is 10.4. The first-order valence-corrected chi connectivity index (χ1v) is 3.62. The normalized spacial score (nSPS) is 13.5. The fourth-order valence-corrected chi connectivity index (χ4v) is 0.503. The monoisotopic (exact) mass is 147 g/mol. The Morgan fingerprint density at radius 1 is 1.50 bits per heavy atom. The van der Waals surface area contributed by atoms with Crippen molar-refractivity contribution in [2.45, 2.75) is 19.4 Å². The first-order valence-electron chi connectivity index (χ1n) is 3.62. The Kier molecular flexibility index (Phi) is 6.91. The predicted molar refractivity (Wildman–Crippen MR) is 41.0 cm³/mol. The number of nitrogens with two attached hydrogens (primary N) is 1. The van der Waals surface area contributed by atoms with Gasteiger partial charge in [0.05, 0.1) is 12.7 Å². The van der Waals surface area contributed by atoms with Gasteiger partial charge in [0.15, 0.2) is 0 Å². The molecule has 1 atom stereocenters. The van der Waals surface area contributed by atoms with Crippen LogP contribution in [0.2, 0.25) is 0 Å². The van der Waals surface area contributed by atoms with E-state index in [2.05, 4.69) is 0 Å². The molecule has 0 spiro atoms. The topological polar surface area (TPSA) is 44.5 Å². The van der Waals surface area contributed by atoms with Crippen LogP contribution in [0.1, 0.15) is 13.3 Å². The van der Waals surface area contributed by atoms with Crippen molar-refractivity contribution in [3.63, 3.8) is 0 Å². The van der Waals surface area contributed by atoms with Gasteiger partial charge < -0.3 is 15.2 Å². The lowest BCUT2D eigenvalue weighted by molar-refractivity contribution is 0.0184. The zero-order chi connectivity index (χ0) is 7.82. The van der Waals surface area contributed by atoms with Crippen molar-refractivity contribution < 1.29 is 9.47 Å². The third-order valence-electron chi connectivity index (χ3n) is 1.25. The summed E-state index contributed by atoms with van der Waals surface area (Å²) in [7, 11) is 1.68. The van der Waals surface area contributed by atoms with Crippen LogP contribution in [0, 0.1) is 0 Å². The van der Waals surface area contributed by atoms with E-state index in [1.165, 1.54) is 0 Å². The molecular weight excluding hydrogens is 130 g/mol. The Labute approximate surface area is 62.5 Å². The molecule has 0 saturated carbocycles. The summed E-state index contributed by atoms with van der Waals surface area (Å²) < 4.78 is 10.2. The standard InChI is InChI=1S/C7H17NO2/c1-7(9-2)6-10-5-3-4-8/h7H,3-6,8H2,1-2H3. The first kappa shape index (κ1) is 9.88. The maximum Gasteiger partial charge on any atom is 0.0776 e. The number of ether oxygens (including phenoxy) is 2. The number of hydrogen-bond donors (Lipinski definition) is 1. The second-order valence-electron chi connectivity index (χ2n) is 2.26. The van der Waals surface area contributed by atoms with Crippen LogP contribution in [0.4, 0.5) is 0 Å². The molecule has 0 aromatic heterocycles. The molecule has 0 amide bonds. The van der Waals surface area contributed by atoms with Crippen molar-refractivity contribution in [3.8, 4) is 0 Å². The van der Waals surface area contributed by atoms with Crippen LogP contribution >= 0.6 is 0 Å². The summed E-state index contributed by atoms with van der Waals surface area (Å²) in [6, 6.07) is 0. The van der Waals surface area contributed by atoms with E-state index in [4.69, 9.17) is 15.2 Å². The molecule has 3 nitrogen and oxygen atoms in total. The summed E-state index contributed by atoms with van der Waals surface area (Å²) in [5.74, 6) is 0. The van der Waals surface area contributed by atoms with Gasteiger partial charge in [-0.1, -0.05) is 0 Å². The molecular formula is C7H17NO2. The molecule has 10 heavy (non-hydrogen) atoms. The summed E-state index contributed by atoms with van der Waals surface area (Å²) in [4.78, 5) is 0. The molecule has 0 aromatic carbocycles. The minimum absolute atomic E-state index is 0.192. The van der Waals surface area contributed by atoms with E-state index in [0.29, 0.717) is 13.2 Å². The zero-order valence-electron chi connectivity index (χ0n) is 6.80. The van der Waals surface area contributed by atoms with E-state index in [-0.39, 0.29) is 6.10 Å². The summed E-state index contributed by atoms with van der Waals surface area (Å²) >= 11 is 0. The lowest BCUT2D eigenvalue weighted by Gasteiger charge is -2.08. The molecule has 62 valence electrons. The van der Waals surface area contributed by atoms with Gasteiger partial charge in [0.2, 0.25) is 0 Å². The summed E-state index contributed by atoms with van der Waals surface area (Å²) in [6.45, 7) is 4.07. The van der Waals surface area contributed by atoms with Crippen molar-refractivity contribution in [2.24, 2.45) is 5.73 Å². The van der Waals surface area contributed by atoms with Crippen molar-refractivity contribution in [2.75, 3.05) is 26.9 Å². The third-order valence-corrected chi connectivity index (χ3v) is 1.25. The van der Waals surface area contributed by atoms with Gasteiger partial charge in [-0.3, -0.25) is 0 Å². The van der Waals surface area contributed by atoms with Gasteiger partial charge in [0.1, 0.15) is 0 Å². The van der Waals surface area contributed by atoms with Gasteiger partial charge in [-0.25, -0.2) is 0 Å². The molecule has 1 unspecified atom stereocenters. The van der Waals surface area contributed by atoms with Gasteiger partial charge in [0.25, 0.3) is 0 Å². The van der Waals surface area contributed by atoms with E-state index in [0.717, 1.165) is 13.0 Å². The van der Waals surface area contributed by atoms with Crippen molar-refractivity contribution in [1.82, 2.24) is 0 Å². The van der Waals surface area contributed by atoms with E-state index in [1.807, 2.05) is 6.92 Å². The van der Waals surface area contributed by atoms with Gasteiger partial charge in [-0.15, -0.1) is 0 Å². The maximum atomic E-state index is 5.27. The summed E-state index contributed by atoms with van der Waals surface area (Å²) in [5.41, 5.74) is 5.27. The number of hydrogen-bond acceptors (Lipinski definition) is 3. The first-order chi connectivity index (χ1) is 4.81. The Morgan fingerprint density at radius 3 is 2.70 bits per heavy atom. The third kappa shape index (κ3) is 6.01. The van der Waals surface area contributed by atoms with Gasteiger partial charge in [-0.2, -0.15) is 0 Å². The molecule has 0 aliphatic carbocycles. The highest BCUT2D eigenvalue weighted by Crippen LogP contribution is 1.89. The smallest absolute Gasteiger partial charge is 0.0776 e. The average molecular weight is 147 g/mol. The lowest BCUT2D eigenvalue weighted by Crippen LogP contribution is -2.15. The van der Waals surface area contributed by atoms with Crippen LogP contribution in [0.5, 0.6) is 0 Å². The Hall–Kier alpha value is -0.120. The molecule has 0 aliphatic rings. The molecule has 3 heteroatoms. The molecule has 0 aliphatic heterocycles. The van der Waals surface area contributed by atoms with Crippen LogP contribution in [0.15, 0.2) is 0 Å². The quantitative estimate of drug-likeness (QED) is 0.553. The van der Waals surface area contributed by atoms with Crippen LogP contribution < -0.4 is 5.73 Å². The van der Waals surface area contributed by atoms with Gasteiger partial charge in [0, 0.05) is 13.7 Å². The van der Waals surface area contributed by atoms with E-state index in [9.17, 15) is 0 Å².